The van der Waals surface area contributed by atoms with Gasteiger partial charge >= 0.3 is 5.97 Å². The number of carbonyl (C=O) groups is 3. The molecule has 2 amide bonds. The van der Waals surface area contributed by atoms with Gasteiger partial charge < -0.3 is 20.8 Å². The van der Waals surface area contributed by atoms with E-state index in [1.54, 1.807) is 12.1 Å². The van der Waals surface area contributed by atoms with Gasteiger partial charge in [0.15, 0.2) is 5.60 Å². The number of aliphatic hydroxyl groups is 1. The molecule has 0 aromatic heterocycles. The minimum atomic E-state index is -2.07. The Kier molecular flexibility index (Phi) is 5.90. The third-order valence-corrected chi connectivity index (χ3v) is 3.17. The van der Waals surface area contributed by atoms with Crippen LogP contribution in [0, 0.1) is 0 Å². The largest absolute Gasteiger partial charge is 0.479 e. The Hall–Kier alpha value is -2.12. The van der Waals surface area contributed by atoms with Crippen LogP contribution in [0.2, 0.25) is 5.02 Å². The molecule has 1 aromatic carbocycles. The van der Waals surface area contributed by atoms with Crippen molar-refractivity contribution in [3.63, 3.8) is 0 Å². The van der Waals surface area contributed by atoms with Gasteiger partial charge in [-0.15, -0.1) is 0 Å². The Labute approximate surface area is 132 Å². The van der Waals surface area contributed by atoms with Gasteiger partial charge in [-0.25, -0.2) is 4.79 Å². The van der Waals surface area contributed by atoms with Crippen LogP contribution in [0.15, 0.2) is 24.3 Å². The van der Waals surface area contributed by atoms with Crippen LogP contribution in [-0.2, 0) is 9.59 Å². The number of amides is 2. The van der Waals surface area contributed by atoms with Crippen LogP contribution >= 0.6 is 11.6 Å². The summed E-state index contributed by atoms with van der Waals surface area (Å²) < 4.78 is 0. The summed E-state index contributed by atoms with van der Waals surface area (Å²) in [6.07, 6.45) is 0. The molecule has 0 aliphatic carbocycles. The summed E-state index contributed by atoms with van der Waals surface area (Å²) in [7, 11) is 0. The number of nitrogens with one attached hydrogen (secondary N) is 2. The number of carboxylic acid groups (broad SMARTS) is 1. The molecule has 4 N–H and O–H groups in total. The average Bonchev–Trinajstić information content (AvgIpc) is 2.45. The van der Waals surface area contributed by atoms with Crippen molar-refractivity contribution in [2.45, 2.75) is 25.5 Å². The first-order valence-electron chi connectivity index (χ1n) is 6.43. The molecule has 0 heterocycles. The lowest BCUT2D eigenvalue weighted by Crippen LogP contribution is -2.51. The Balaban J connectivity index is 2.55. The zero-order chi connectivity index (χ0) is 16.9. The highest BCUT2D eigenvalue weighted by molar-refractivity contribution is 6.30. The smallest absolute Gasteiger partial charge is 0.337 e. The Morgan fingerprint density at radius 1 is 1.27 bits per heavy atom. The van der Waals surface area contributed by atoms with Gasteiger partial charge in [-0.1, -0.05) is 11.6 Å². The zero-order valence-corrected chi connectivity index (χ0v) is 12.8. The van der Waals surface area contributed by atoms with E-state index in [9.17, 15) is 19.5 Å². The van der Waals surface area contributed by atoms with E-state index in [4.69, 9.17) is 16.7 Å². The quantitative estimate of drug-likeness (QED) is 0.603. The van der Waals surface area contributed by atoms with Gasteiger partial charge in [0.2, 0.25) is 5.91 Å². The highest BCUT2D eigenvalue weighted by Crippen LogP contribution is 2.09. The lowest BCUT2D eigenvalue weighted by molar-refractivity contribution is -0.156. The maximum absolute atomic E-state index is 11.9. The molecular weight excluding hydrogens is 312 g/mol. The lowest BCUT2D eigenvalue weighted by atomic mass is 10.1. The fourth-order valence-corrected chi connectivity index (χ4v) is 1.56. The summed E-state index contributed by atoms with van der Waals surface area (Å²) in [6.45, 7) is 2.04. The SMILES string of the molecule is CC(NC(=O)c1ccc(Cl)cc1)C(=O)NCC(C)(O)C(=O)O. The van der Waals surface area contributed by atoms with Crippen LogP contribution in [0.5, 0.6) is 0 Å². The molecule has 0 saturated carbocycles. The molecule has 22 heavy (non-hydrogen) atoms. The molecule has 0 fully saturated rings. The molecule has 0 spiro atoms. The Morgan fingerprint density at radius 3 is 2.32 bits per heavy atom. The van der Waals surface area contributed by atoms with Crippen molar-refractivity contribution >= 4 is 29.4 Å². The molecule has 120 valence electrons. The number of rotatable bonds is 6. The number of aliphatic carboxylic acids is 1. The van der Waals surface area contributed by atoms with Crippen molar-refractivity contribution in [1.82, 2.24) is 10.6 Å². The predicted octanol–water partition coefficient (Wildman–Crippen LogP) is 0.410. The summed E-state index contributed by atoms with van der Waals surface area (Å²) in [6, 6.07) is 5.22. The molecule has 7 nitrogen and oxygen atoms in total. The number of hydrogen-bond acceptors (Lipinski definition) is 4. The number of benzene rings is 1. The van der Waals surface area contributed by atoms with Gasteiger partial charge in [0.1, 0.15) is 6.04 Å². The van der Waals surface area contributed by atoms with Crippen molar-refractivity contribution in [3.05, 3.63) is 34.9 Å². The van der Waals surface area contributed by atoms with Gasteiger partial charge in [-0.3, -0.25) is 9.59 Å². The van der Waals surface area contributed by atoms with Gasteiger partial charge in [0.25, 0.3) is 5.91 Å². The first-order valence-corrected chi connectivity index (χ1v) is 6.81. The molecule has 0 radical (unpaired) electrons. The first kappa shape index (κ1) is 17.9. The maximum Gasteiger partial charge on any atom is 0.337 e. The van der Waals surface area contributed by atoms with E-state index in [1.807, 2.05) is 0 Å². The minimum absolute atomic E-state index is 0.335. The van der Waals surface area contributed by atoms with Crippen LogP contribution in [0.3, 0.4) is 0 Å². The molecule has 2 unspecified atom stereocenters. The summed E-state index contributed by atoms with van der Waals surface area (Å²) in [5.41, 5.74) is -1.74. The second-order valence-electron chi connectivity index (χ2n) is 5.00. The number of carboxylic acids is 1. The zero-order valence-electron chi connectivity index (χ0n) is 12.1. The summed E-state index contributed by atoms with van der Waals surface area (Å²) in [5, 5.41) is 23.4. The van der Waals surface area contributed by atoms with Crippen LogP contribution in [-0.4, -0.2) is 46.2 Å². The normalized spacial score (nSPS) is 14.5. The van der Waals surface area contributed by atoms with Crippen molar-refractivity contribution < 1.29 is 24.6 Å². The van der Waals surface area contributed by atoms with Crippen molar-refractivity contribution in [2.24, 2.45) is 0 Å². The van der Waals surface area contributed by atoms with Crippen molar-refractivity contribution in [2.75, 3.05) is 6.54 Å². The fraction of sp³-hybridized carbons (Fsp3) is 0.357. The van der Waals surface area contributed by atoms with E-state index in [0.717, 1.165) is 6.92 Å². The third-order valence-electron chi connectivity index (χ3n) is 2.91. The monoisotopic (exact) mass is 328 g/mol. The second kappa shape index (κ2) is 7.24. The third kappa shape index (κ3) is 5.01. The van der Waals surface area contributed by atoms with E-state index in [1.165, 1.54) is 19.1 Å². The molecule has 0 aliphatic rings. The molecule has 2 atom stereocenters. The van der Waals surface area contributed by atoms with Crippen LogP contribution in [0.25, 0.3) is 0 Å². The lowest BCUT2D eigenvalue weighted by Gasteiger charge is -2.20. The summed E-state index contributed by atoms with van der Waals surface area (Å²) in [5.74, 6) is -2.53. The van der Waals surface area contributed by atoms with E-state index >= 15 is 0 Å². The fourth-order valence-electron chi connectivity index (χ4n) is 1.43. The molecule has 1 rings (SSSR count). The van der Waals surface area contributed by atoms with Crippen LogP contribution < -0.4 is 10.6 Å². The van der Waals surface area contributed by atoms with E-state index in [0.29, 0.717) is 10.6 Å². The Bertz CT molecular complexity index is 571. The maximum atomic E-state index is 11.9. The molecule has 0 saturated heterocycles. The summed E-state index contributed by atoms with van der Waals surface area (Å²) in [4.78, 5) is 34.4. The molecular formula is C14H17ClN2O5. The van der Waals surface area contributed by atoms with Gasteiger partial charge in [0.05, 0.1) is 6.54 Å². The van der Waals surface area contributed by atoms with E-state index in [-0.39, 0.29) is 0 Å². The van der Waals surface area contributed by atoms with Gasteiger partial charge in [0, 0.05) is 10.6 Å². The van der Waals surface area contributed by atoms with Crippen LogP contribution in [0.1, 0.15) is 24.2 Å². The first-order chi connectivity index (χ1) is 10.1. The predicted molar refractivity (Wildman–Crippen MR) is 79.6 cm³/mol. The molecule has 1 aromatic rings. The molecule has 0 bridgehead atoms. The number of halogens is 1. The van der Waals surface area contributed by atoms with Crippen molar-refractivity contribution in [3.8, 4) is 0 Å². The topological polar surface area (TPSA) is 116 Å². The van der Waals surface area contributed by atoms with Crippen LogP contribution in [0.4, 0.5) is 0 Å². The average molecular weight is 329 g/mol. The Morgan fingerprint density at radius 2 is 1.82 bits per heavy atom. The standard InChI is InChI=1S/C14H17ClN2O5/c1-8(11(18)16-7-14(2,22)13(20)21)17-12(19)9-3-5-10(15)6-4-9/h3-6,8,22H,7H2,1-2H3,(H,16,18)(H,17,19)(H,20,21). The highest BCUT2D eigenvalue weighted by atomic mass is 35.5. The van der Waals surface area contributed by atoms with E-state index in [2.05, 4.69) is 10.6 Å². The second-order valence-corrected chi connectivity index (χ2v) is 5.44. The summed E-state index contributed by atoms with van der Waals surface area (Å²) >= 11 is 5.71. The van der Waals surface area contributed by atoms with Crippen molar-refractivity contribution in [1.29, 1.82) is 0 Å². The van der Waals surface area contributed by atoms with Gasteiger partial charge in [-0.05, 0) is 38.1 Å². The minimum Gasteiger partial charge on any atom is -0.479 e. The number of hydrogen-bond donors (Lipinski definition) is 4. The molecule has 8 heteroatoms. The van der Waals surface area contributed by atoms with E-state index < -0.39 is 36.0 Å². The van der Waals surface area contributed by atoms with Gasteiger partial charge in [-0.2, -0.15) is 0 Å². The highest BCUT2D eigenvalue weighted by Gasteiger charge is 2.31. The molecule has 0 aliphatic heterocycles. The number of carbonyl (C=O) groups excluding carboxylic acids is 2.